The van der Waals surface area contributed by atoms with Gasteiger partial charge >= 0.3 is 5.97 Å². The van der Waals surface area contributed by atoms with Crippen LogP contribution < -0.4 is 10.6 Å². The first kappa shape index (κ1) is 16.8. The monoisotopic (exact) mass is 344 g/mol. The fourth-order valence-corrected chi connectivity index (χ4v) is 4.54. The standard InChI is InChI=1S/C19H24N2O2S/c1-3-23-19(22)17-16(20)15(13(2)14-9-5-4-6-10-14)18(24-17)21-11-7-8-12-21/h4-6,9-10,13H,3,7-8,11-12,20H2,1-2H3. The summed E-state index contributed by atoms with van der Waals surface area (Å²) in [6, 6.07) is 10.3. The lowest BCUT2D eigenvalue weighted by molar-refractivity contribution is 0.0533. The fourth-order valence-electron chi connectivity index (χ4n) is 3.27. The molecule has 4 nitrogen and oxygen atoms in total. The zero-order valence-electron chi connectivity index (χ0n) is 14.2. The van der Waals surface area contributed by atoms with Crippen LogP contribution in [0.1, 0.15) is 53.4 Å². The lowest BCUT2D eigenvalue weighted by atomic mass is 9.93. The molecule has 3 rings (SSSR count). The van der Waals surface area contributed by atoms with E-state index in [-0.39, 0.29) is 11.9 Å². The molecule has 0 radical (unpaired) electrons. The number of hydrogen-bond donors (Lipinski definition) is 1. The lowest BCUT2D eigenvalue weighted by Crippen LogP contribution is -2.18. The number of benzene rings is 1. The lowest BCUT2D eigenvalue weighted by Gasteiger charge is -2.21. The topological polar surface area (TPSA) is 55.6 Å². The highest BCUT2D eigenvalue weighted by Crippen LogP contribution is 2.45. The summed E-state index contributed by atoms with van der Waals surface area (Å²) in [7, 11) is 0. The number of hydrogen-bond acceptors (Lipinski definition) is 5. The van der Waals surface area contributed by atoms with Crippen LogP contribution >= 0.6 is 11.3 Å². The molecule has 2 N–H and O–H groups in total. The van der Waals surface area contributed by atoms with Crippen LogP contribution in [0.25, 0.3) is 0 Å². The first-order valence-corrected chi connectivity index (χ1v) is 9.34. The molecule has 1 aromatic carbocycles. The Morgan fingerprint density at radius 3 is 2.58 bits per heavy atom. The highest BCUT2D eigenvalue weighted by atomic mass is 32.1. The van der Waals surface area contributed by atoms with Gasteiger partial charge in [0, 0.05) is 24.6 Å². The first-order chi connectivity index (χ1) is 11.6. The van der Waals surface area contributed by atoms with Crippen LogP contribution in [0.3, 0.4) is 0 Å². The van der Waals surface area contributed by atoms with Crippen LogP contribution in [0.2, 0.25) is 0 Å². The SMILES string of the molecule is CCOC(=O)c1sc(N2CCCC2)c(C(C)c2ccccc2)c1N. The van der Waals surface area contributed by atoms with Crippen molar-refractivity contribution in [3.63, 3.8) is 0 Å². The molecule has 0 saturated carbocycles. The second-order valence-electron chi connectivity index (χ2n) is 6.11. The quantitative estimate of drug-likeness (QED) is 0.824. The van der Waals surface area contributed by atoms with Crippen LogP contribution in [0.4, 0.5) is 10.7 Å². The van der Waals surface area contributed by atoms with Gasteiger partial charge in [0.05, 0.1) is 17.3 Å². The van der Waals surface area contributed by atoms with Crippen molar-refractivity contribution in [2.45, 2.75) is 32.6 Å². The average molecular weight is 344 g/mol. The molecule has 0 bridgehead atoms. The van der Waals surface area contributed by atoms with E-state index in [1.807, 2.05) is 25.1 Å². The van der Waals surface area contributed by atoms with E-state index in [1.54, 1.807) is 0 Å². The molecule has 128 valence electrons. The van der Waals surface area contributed by atoms with Crippen molar-refractivity contribution in [2.75, 3.05) is 30.3 Å². The molecule has 1 aliphatic rings. The minimum absolute atomic E-state index is 0.140. The summed E-state index contributed by atoms with van der Waals surface area (Å²) in [5.74, 6) is -0.173. The number of esters is 1. The van der Waals surface area contributed by atoms with Crippen LogP contribution in [-0.2, 0) is 4.74 Å². The molecule has 2 aromatic rings. The summed E-state index contributed by atoms with van der Waals surface area (Å²) in [5, 5.41) is 1.13. The van der Waals surface area contributed by atoms with Crippen LogP contribution in [0.5, 0.6) is 0 Å². The van der Waals surface area contributed by atoms with Gasteiger partial charge in [0.25, 0.3) is 0 Å². The van der Waals surface area contributed by atoms with Crippen molar-refractivity contribution in [3.8, 4) is 0 Å². The number of anilines is 2. The second-order valence-corrected chi connectivity index (χ2v) is 7.11. The molecule has 1 aromatic heterocycles. The predicted octanol–water partition coefficient (Wildman–Crippen LogP) is 4.26. The van der Waals surface area contributed by atoms with Gasteiger partial charge < -0.3 is 15.4 Å². The number of ether oxygens (including phenoxy) is 1. The number of carbonyl (C=O) groups excluding carboxylic acids is 1. The number of rotatable bonds is 5. The maximum atomic E-state index is 12.3. The van der Waals surface area contributed by atoms with E-state index >= 15 is 0 Å². The van der Waals surface area contributed by atoms with Crippen molar-refractivity contribution in [3.05, 3.63) is 46.3 Å². The highest BCUT2D eigenvalue weighted by Gasteiger charge is 2.29. The number of carbonyl (C=O) groups is 1. The van der Waals surface area contributed by atoms with Crippen LogP contribution in [0.15, 0.2) is 30.3 Å². The maximum Gasteiger partial charge on any atom is 0.350 e. The van der Waals surface area contributed by atoms with Crippen molar-refractivity contribution < 1.29 is 9.53 Å². The number of nitrogen functional groups attached to an aromatic ring is 1. The first-order valence-electron chi connectivity index (χ1n) is 8.52. The summed E-state index contributed by atoms with van der Waals surface area (Å²) in [5.41, 5.74) is 9.28. The molecule has 1 saturated heterocycles. The molecule has 1 aliphatic heterocycles. The highest BCUT2D eigenvalue weighted by molar-refractivity contribution is 7.18. The van der Waals surface area contributed by atoms with Gasteiger partial charge in [-0.2, -0.15) is 0 Å². The van der Waals surface area contributed by atoms with Gasteiger partial charge in [-0.25, -0.2) is 4.79 Å². The van der Waals surface area contributed by atoms with Gasteiger partial charge in [-0.15, -0.1) is 11.3 Å². The molecular formula is C19H24N2O2S. The largest absolute Gasteiger partial charge is 0.462 e. The van der Waals surface area contributed by atoms with Crippen LogP contribution in [0, 0.1) is 0 Å². The van der Waals surface area contributed by atoms with E-state index in [0.717, 1.165) is 23.7 Å². The Balaban J connectivity index is 2.06. The normalized spacial score (nSPS) is 15.5. The average Bonchev–Trinajstić information content (AvgIpc) is 3.23. The summed E-state index contributed by atoms with van der Waals surface area (Å²) < 4.78 is 5.20. The van der Waals surface area contributed by atoms with Gasteiger partial charge in [-0.1, -0.05) is 37.3 Å². The summed E-state index contributed by atoms with van der Waals surface area (Å²) in [6.07, 6.45) is 2.37. The third-order valence-corrected chi connectivity index (χ3v) is 5.81. The van der Waals surface area contributed by atoms with E-state index in [0.29, 0.717) is 17.2 Å². The van der Waals surface area contributed by atoms with Crippen molar-refractivity contribution in [1.82, 2.24) is 0 Å². The molecular weight excluding hydrogens is 320 g/mol. The Morgan fingerprint density at radius 2 is 1.96 bits per heavy atom. The Labute approximate surface area is 147 Å². The summed E-state index contributed by atoms with van der Waals surface area (Å²) in [4.78, 5) is 15.2. The van der Waals surface area contributed by atoms with Crippen LogP contribution in [-0.4, -0.2) is 25.7 Å². The molecule has 5 heteroatoms. The Kier molecular flexibility index (Phi) is 5.09. The third-order valence-electron chi connectivity index (χ3n) is 4.55. The molecule has 0 spiro atoms. The van der Waals surface area contributed by atoms with Gasteiger partial charge in [0.1, 0.15) is 4.88 Å². The van der Waals surface area contributed by atoms with Crippen molar-refractivity contribution in [1.29, 1.82) is 0 Å². The molecule has 24 heavy (non-hydrogen) atoms. The molecule has 1 fully saturated rings. The van der Waals surface area contributed by atoms with Gasteiger partial charge in [-0.05, 0) is 25.3 Å². The molecule has 1 atom stereocenters. The number of nitrogens with zero attached hydrogens (tertiary/aromatic N) is 1. The van der Waals surface area contributed by atoms with E-state index in [2.05, 4.69) is 24.0 Å². The van der Waals surface area contributed by atoms with E-state index < -0.39 is 0 Å². The maximum absolute atomic E-state index is 12.3. The minimum Gasteiger partial charge on any atom is -0.462 e. The Morgan fingerprint density at radius 1 is 1.29 bits per heavy atom. The zero-order chi connectivity index (χ0) is 17.1. The zero-order valence-corrected chi connectivity index (χ0v) is 15.1. The second kappa shape index (κ2) is 7.26. The van der Waals surface area contributed by atoms with Crippen molar-refractivity contribution >= 4 is 28.0 Å². The molecule has 0 aliphatic carbocycles. The van der Waals surface area contributed by atoms with Gasteiger partial charge in [0.2, 0.25) is 0 Å². The van der Waals surface area contributed by atoms with E-state index in [9.17, 15) is 4.79 Å². The minimum atomic E-state index is -0.313. The molecule has 0 amide bonds. The third kappa shape index (κ3) is 3.13. The Bertz CT molecular complexity index is 706. The van der Waals surface area contributed by atoms with Gasteiger partial charge in [-0.3, -0.25) is 0 Å². The van der Waals surface area contributed by atoms with Gasteiger partial charge in [0.15, 0.2) is 0 Å². The number of thiophene rings is 1. The Hall–Kier alpha value is -2.01. The van der Waals surface area contributed by atoms with E-state index in [1.165, 1.54) is 29.7 Å². The summed E-state index contributed by atoms with van der Waals surface area (Å²) >= 11 is 1.48. The predicted molar refractivity (Wildman–Crippen MR) is 100 cm³/mol. The van der Waals surface area contributed by atoms with E-state index in [4.69, 9.17) is 10.5 Å². The smallest absolute Gasteiger partial charge is 0.350 e. The fraction of sp³-hybridized carbons (Fsp3) is 0.421. The molecule has 1 unspecified atom stereocenters. The number of nitrogens with two attached hydrogens (primary N) is 1. The van der Waals surface area contributed by atoms with Crippen molar-refractivity contribution in [2.24, 2.45) is 0 Å². The molecule has 2 heterocycles. The summed E-state index contributed by atoms with van der Waals surface area (Å²) in [6.45, 7) is 6.38.